The van der Waals surface area contributed by atoms with Crippen molar-refractivity contribution in [3.63, 3.8) is 0 Å². The van der Waals surface area contributed by atoms with E-state index in [1.165, 1.54) is 5.56 Å². The van der Waals surface area contributed by atoms with Crippen LogP contribution in [0, 0.1) is 0 Å². The molecule has 20 heavy (non-hydrogen) atoms. The number of nitrogens with one attached hydrogen (secondary N) is 1. The summed E-state index contributed by atoms with van der Waals surface area (Å²) >= 11 is 3.52. The summed E-state index contributed by atoms with van der Waals surface area (Å²) in [5.41, 5.74) is 1.07. The fourth-order valence-corrected chi connectivity index (χ4v) is 2.41. The lowest BCUT2D eigenvalue weighted by molar-refractivity contribution is -0.0142. The Bertz CT molecular complexity index is 415. The molecule has 1 rings (SSSR count). The molecule has 0 saturated heterocycles. The molecule has 0 spiro atoms. The highest BCUT2D eigenvalue weighted by molar-refractivity contribution is 9.10. The first-order chi connectivity index (χ1) is 9.35. The predicted molar refractivity (Wildman–Crippen MR) is 87.6 cm³/mol. The first kappa shape index (κ1) is 17.5. The highest BCUT2D eigenvalue weighted by Gasteiger charge is 2.17. The molecule has 4 heteroatoms. The maximum atomic E-state index is 5.90. The van der Waals surface area contributed by atoms with Crippen LogP contribution in [-0.2, 0) is 11.2 Å². The molecule has 0 bridgehead atoms. The average Bonchev–Trinajstić information content (AvgIpc) is 2.35. The molecule has 0 aliphatic rings. The summed E-state index contributed by atoms with van der Waals surface area (Å²) in [6.07, 6.45) is 0.881. The van der Waals surface area contributed by atoms with Crippen LogP contribution in [0.5, 0.6) is 5.75 Å². The molecule has 1 atom stereocenters. The number of hydrogen-bond acceptors (Lipinski definition) is 3. The van der Waals surface area contributed by atoms with Crippen molar-refractivity contribution in [3.8, 4) is 5.75 Å². The molecule has 1 unspecified atom stereocenters. The zero-order chi connectivity index (χ0) is 15.2. The topological polar surface area (TPSA) is 30.5 Å². The van der Waals surface area contributed by atoms with Crippen molar-refractivity contribution < 1.29 is 9.47 Å². The summed E-state index contributed by atoms with van der Waals surface area (Å²) in [4.78, 5) is 0. The Morgan fingerprint density at radius 1 is 1.30 bits per heavy atom. The molecule has 0 amide bonds. The second kappa shape index (κ2) is 8.01. The molecule has 1 N–H and O–H groups in total. The number of rotatable bonds is 7. The maximum absolute atomic E-state index is 5.90. The van der Waals surface area contributed by atoms with Crippen LogP contribution in [0.3, 0.4) is 0 Å². The third kappa shape index (κ3) is 6.25. The van der Waals surface area contributed by atoms with Gasteiger partial charge in [-0.3, -0.25) is 0 Å². The van der Waals surface area contributed by atoms with E-state index in [9.17, 15) is 0 Å². The van der Waals surface area contributed by atoms with Gasteiger partial charge in [-0.05, 0) is 57.5 Å². The van der Waals surface area contributed by atoms with Crippen LogP contribution in [0.1, 0.15) is 33.3 Å². The van der Waals surface area contributed by atoms with E-state index >= 15 is 0 Å². The fourth-order valence-electron chi connectivity index (χ4n) is 2.00. The molecule has 0 aliphatic carbocycles. The van der Waals surface area contributed by atoms with Gasteiger partial charge in [0.05, 0.1) is 19.3 Å². The Balaban J connectivity index is 2.76. The van der Waals surface area contributed by atoms with E-state index in [4.69, 9.17) is 9.47 Å². The summed E-state index contributed by atoms with van der Waals surface area (Å²) in [6, 6.07) is 6.38. The van der Waals surface area contributed by atoms with E-state index < -0.39 is 0 Å². The Morgan fingerprint density at radius 2 is 2.00 bits per heavy atom. The molecule has 3 nitrogen and oxygen atoms in total. The van der Waals surface area contributed by atoms with E-state index in [0.717, 1.165) is 23.2 Å². The normalized spacial score (nSPS) is 13.3. The Morgan fingerprint density at radius 3 is 2.55 bits per heavy atom. The van der Waals surface area contributed by atoms with E-state index in [-0.39, 0.29) is 11.6 Å². The predicted octanol–water partition coefficient (Wildman–Crippen LogP) is 3.79. The minimum absolute atomic E-state index is 0.116. The van der Waals surface area contributed by atoms with Crippen molar-refractivity contribution in [2.45, 2.75) is 45.8 Å². The second-order valence-corrected chi connectivity index (χ2v) is 6.75. The molecule has 0 fully saturated rings. The molecule has 0 aliphatic heterocycles. The van der Waals surface area contributed by atoms with E-state index in [1.54, 1.807) is 7.11 Å². The van der Waals surface area contributed by atoms with E-state index in [0.29, 0.717) is 6.61 Å². The molecule has 0 saturated carbocycles. The lowest BCUT2D eigenvalue weighted by atomic mass is 10.0. The summed E-state index contributed by atoms with van der Waals surface area (Å²) in [7, 11) is 1.71. The van der Waals surface area contributed by atoms with Crippen molar-refractivity contribution in [3.05, 3.63) is 28.2 Å². The van der Waals surface area contributed by atoms with Crippen molar-refractivity contribution in [1.82, 2.24) is 5.32 Å². The third-order valence-corrected chi connectivity index (χ3v) is 3.41. The first-order valence-corrected chi connectivity index (χ1v) is 7.84. The van der Waals surface area contributed by atoms with Gasteiger partial charge in [0.1, 0.15) is 5.75 Å². The van der Waals surface area contributed by atoms with Crippen LogP contribution < -0.4 is 10.1 Å². The van der Waals surface area contributed by atoms with Crippen molar-refractivity contribution in [2.24, 2.45) is 0 Å². The molecule has 0 heterocycles. The monoisotopic (exact) mass is 343 g/mol. The van der Waals surface area contributed by atoms with Gasteiger partial charge in [-0.2, -0.15) is 0 Å². The number of likely N-dealkylation sites (N-methyl/N-ethyl adjacent to an activating group) is 1. The largest absolute Gasteiger partial charge is 0.496 e. The summed E-state index contributed by atoms with van der Waals surface area (Å²) in [6.45, 7) is 9.96. The van der Waals surface area contributed by atoms with Crippen LogP contribution in [0.4, 0.5) is 0 Å². The Hall–Kier alpha value is -0.580. The molecule has 114 valence electrons. The molecule has 0 aromatic heterocycles. The zero-order valence-electron chi connectivity index (χ0n) is 13.1. The average molecular weight is 344 g/mol. The lowest BCUT2D eigenvalue weighted by Crippen LogP contribution is -2.38. The fraction of sp³-hybridized carbons (Fsp3) is 0.625. The van der Waals surface area contributed by atoms with Crippen molar-refractivity contribution in [2.75, 3.05) is 20.3 Å². The summed E-state index contributed by atoms with van der Waals surface area (Å²) in [5.74, 6) is 0.923. The SMILES string of the molecule is CCNC(COC(C)(C)C)Cc1cc(Br)ccc1OC. The van der Waals surface area contributed by atoms with Gasteiger partial charge in [0.2, 0.25) is 0 Å². The van der Waals surface area contributed by atoms with Crippen LogP contribution in [-0.4, -0.2) is 31.9 Å². The minimum Gasteiger partial charge on any atom is -0.496 e. The molecule has 1 aromatic rings. The standard InChI is InChI=1S/C16H26BrNO2/c1-6-18-14(11-20-16(2,3)4)10-12-9-13(17)7-8-15(12)19-5/h7-9,14,18H,6,10-11H2,1-5H3. The highest BCUT2D eigenvalue weighted by atomic mass is 79.9. The number of methoxy groups -OCH3 is 1. The molecular weight excluding hydrogens is 318 g/mol. The minimum atomic E-state index is -0.116. The van der Waals surface area contributed by atoms with Gasteiger partial charge in [0.25, 0.3) is 0 Å². The molecule has 0 radical (unpaired) electrons. The quantitative estimate of drug-likeness (QED) is 0.816. The van der Waals surface area contributed by atoms with Gasteiger partial charge in [-0.1, -0.05) is 22.9 Å². The maximum Gasteiger partial charge on any atom is 0.122 e. The van der Waals surface area contributed by atoms with Crippen LogP contribution in [0.15, 0.2) is 22.7 Å². The van der Waals surface area contributed by atoms with Crippen LogP contribution >= 0.6 is 15.9 Å². The third-order valence-electron chi connectivity index (χ3n) is 2.92. The number of halogens is 1. The van der Waals surface area contributed by atoms with E-state index in [1.807, 2.05) is 12.1 Å². The number of hydrogen-bond donors (Lipinski definition) is 1. The smallest absolute Gasteiger partial charge is 0.122 e. The lowest BCUT2D eigenvalue weighted by Gasteiger charge is -2.25. The molecule has 1 aromatic carbocycles. The zero-order valence-corrected chi connectivity index (χ0v) is 14.7. The van der Waals surface area contributed by atoms with Gasteiger partial charge >= 0.3 is 0 Å². The molecular formula is C16H26BrNO2. The van der Waals surface area contributed by atoms with Gasteiger partial charge in [-0.25, -0.2) is 0 Å². The van der Waals surface area contributed by atoms with Gasteiger partial charge in [0.15, 0.2) is 0 Å². The first-order valence-electron chi connectivity index (χ1n) is 7.05. The van der Waals surface area contributed by atoms with Crippen LogP contribution in [0.25, 0.3) is 0 Å². The number of benzene rings is 1. The summed E-state index contributed by atoms with van der Waals surface area (Å²) in [5, 5.41) is 3.48. The highest BCUT2D eigenvalue weighted by Crippen LogP contribution is 2.24. The van der Waals surface area contributed by atoms with Gasteiger partial charge < -0.3 is 14.8 Å². The van der Waals surface area contributed by atoms with Gasteiger partial charge in [-0.15, -0.1) is 0 Å². The Labute approximate surface area is 131 Å². The van der Waals surface area contributed by atoms with E-state index in [2.05, 4.69) is 55.0 Å². The van der Waals surface area contributed by atoms with Gasteiger partial charge in [0, 0.05) is 10.5 Å². The van der Waals surface area contributed by atoms with Crippen LogP contribution in [0.2, 0.25) is 0 Å². The van der Waals surface area contributed by atoms with Crippen molar-refractivity contribution in [1.29, 1.82) is 0 Å². The second-order valence-electron chi connectivity index (χ2n) is 5.84. The summed E-state index contributed by atoms with van der Waals surface area (Å²) < 4.78 is 12.4. The van der Waals surface area contributed by atoms with Crippen molar-refractivity contribution >= 4 is 15.9 Å². The Kier molecular flexibility index (Phi) is 7.00. The number of ether oxygens (including phenoxy) is 2.